The lowest BCUT2D eigenvalue weighted by molar-refractivity contribution is 0.609. The molecule has 0 unspecified atom stereocenters. The van der Waals surface area contributed by atoms with Crippen molar-refractivity contribution in [2.24, 2.45) is 0 Å². The fraction of sp³-hybridized carbons (Fsp3) is 0.188. The van der Waals surface area contributed by atoms with Gasteiger partial charge in [-0.2, -0.15) is 4.98 Å². The first-order chi connectivity index (χ1) is 10.2. The number of hydrogen-bond acceptors (Lipinski definition) is 3. The van der Waals surface area contributed by atoms with Crippen molar-refractivity contribution in [3.8, 4) is 0 Å². The highest BCUT2D eigenvalue weighted by atomic mass is 19.1. The number of nitrogens with zero attached hydrogens (tertiary/aromatic N) is 1. The molecule has 5 heteroatoms. The first-order valence-electron chi connectivity index (χ1n) is 6.77. The average molecular weight is 286 g/mol. The van der Waals surface area contributed by atoms with Gasteiger partial charge in [0.1, 0.15) is 17.2 Å². The molecule has 1 aliphatic carbocycles. The summed E-state index contributed by atoms with van der Waals surface area (Å²) >= 11 is 0. The lowest BCUT2D eigenvalue weighted by Crippen LogP contribution is -2.04. The van der Waals surface area contributed by atoms with Gasteiger partial charge < -0.3 is 9.73 Å². The molecule has 2 aromatic carbocycles. The Bertz CT molecular complexity index is 798. The second-order valence-corrected chi connectivity index (χ2v) is 5.28. The van der Waals surface area contributed by atoms with Crippen molar-refractivity contribution in [2.75, 3.05) is 5.32 Å². The van der Waals surface area contributed by atoms with Crippen LogP contribution in [0.25, 0.3) is 11.1 Å². The van der Waals surface area contributed by atoms with E-state index >= 15 is 0 Å². The number of benzene rings is 2. The summed E-state index contributed by atoms with van der Waals surface area (Å²) in [5, 5.41) is 3.19. The largest absolute Gasteiger partial charge is 0.424 e. The second-order valence-electron chi connectivity index (χ2n) is 5.28. The van der Waals surface area contributed by atoms with Crippen LogP contribution in [0.1, 0.15) is 17.9 Å². The van der Waals surface area contributed by atoms with Gasteiger partial charge >= 0.3 is 0 Å². The summed E-state index contributed by atoms with van der Waals surface area (Å²) in [5.41, 5.74) is 2.14. The van der Waals surface area contributed by atoms with E-state index in [4.69, 9.17) is 4.42 Å². The topological polar surface area (TPSA) is 38.1 Å². The van der Waals surface area contributed by atoms with Crippen LogP contribution in [0.15, 0.2) is 46.9 Å². The number of hydrogen-bond donors (Lipinski definition) is 1. The fourth-order valence-corrected chi connectivity index (χ4v) is 2.55. The molecule has 1 N–H and O–H groups in total. The first-order valence-corrected chi connectivity index (χ1v) is 6.77. The average Bonchev–Trinajstić information content (AvgIpc) is 3.10. The number of halogens is 2. The van der Waals surface area contributed by atoms with Crippen molar-refractivity contribution in [2.45, 2.75) is 18.4 Å². The van der Waals surface area contributed by atoms with Crippen molar-refractivity contribution < 1.29 is 13.2 Å². The number of nitrogens with one attached hydrogen (secondary N) is 1. The van der Waals surface area contributed by atoms with Crippen molar-refractivity contribution in [1.29, 1.82) is 0 Å². The highest BCUT2D eigenvalue weighted by molar-refractivity contribution is 5.74. The summed E-state index contributed by atoms with van der Waals surface area (Å²) in [7, 11) is 0. The van der Waals surface area contributed by atoms with E-state index in [0.717, 1.165) is 12.0 Å². The van der Waals surface area contributed by atoms with Gasteiger partial charge in [0, 0.05) is 18.0 Å². The van der Waals surface area contributed by atoms with E-state index in [1.807, 2.05) is 0 Å². The molecule has 21 heavy (non-hydrogen) atoms. The van der Waals surface area contributed by atoms with Crippen LogP contribution in [0.2, 0.25) is 0 Å². The van der Waals surface area contributed by atoms with E-state index in [1.54, 1.807) is 18.2 Å². The minimum atomic E-state index is -0.335. The van der Waals surface area contributed by atoms with Gasteiger partial charge in [0.05, 0.1) is 0 Å². The van der Waals surface area contributed by atoms with E-state index in [0.29, 0.717) is 23.0 Å². The highest BCUT2D eigenvalue weighted by Gasteiger charge is 2.39. The zero-order valence-electron chi connectivity index (χ0n) is 11.0. The fourth-order valence-electron chi connectivity index (χ4n) is 2.55. The molecule has 3 aromatic rings. The predicted octanol–water partition coefficient (Wildman–Crippen LogP) is 4.07. The van der Waals surface area contributed by atoms with Gasteiger partial charge in [-0.3, -0.25) is 0 Å². The number of anilines is 1. The summed E-state index contributed by atoms with van der Waals surface area (Å²) < 4.78 is 31.5. The third-order valence-electron chi connectivity index (χ3n) is 3.75. The van der Waals surface area contributed by atoms with Crippen molar-refractivity contribution in [3.63, 3.8) is 0 Å². The van der Waals surface area contributed by atoms with E-state index in [2.05, 4.69) is 10.3 Å². The number of aromatic nitrogens is 1. The summed E-state index contributed by atoms with van der Waals surface area (Å²) in [6.07, 6.45) is 0.943. The van der Waals surface area contributed by atoms with Gasteiger partial charge in [0.25, 0.3) is 6.01 Å². The Morgan fingerprint density at radius 3 is 2.62 bits per heavy atom. The molecule has 1 saturated carbocycles. The SMILES string of the molecule is Fc1ccc([C@@H]2C[C@H]2Nc2nc3cc(F)ccc3o2)cc1. The summed E-state index contributed by atoms with van der Waals surface area (Å²) in [5.74, 6) is -0.236. The Morgan fingerprint density at radius 1 is 1.05 bits per heavy atom. The molecule has 0 radical (unpaired) electrons. The zero-order chi connectivity index (χ0) is 14.4. The number of fused-ring (bicyclic) bond motifs is 1. The minimum absolute atomic E-state index is 0.216. The van der Waals surface area contributed by atoms with Crippen LogP contribution in [0.3, 0.4) is 0 Å². The van der Waals surface area contributed by atoms with Gasteiger partial charge in [-0.15, -0.1) is 0 Å². The van der Waals surface area contributed by atoms with Crippen LogP contribution >= 0.6 is 0 Å². The van der Waals surface area contributed by atoms with Crippen LogP contribution in [0, 0.1) is 11.6 Å². The van der Waals surface area contributed by atoms with Crippen LogP contribution < -0.4 is 5.32 Å². The zero-order valence-corrected chi connectivity index (χ0v) is 11.0. The van der Waals surface area contributed by atoms with E-state index < -0.39 is 0 Å². The van der Waals surface area contributed by atoms with Crippen molar-refractivity contribution >= 4 is 17.1 Å². The van der Waals surface area contributed by atoms with E-state index in [9.17, 15) is 8.78 Å². The number of oxazole rings is 1. The Labute approximate surface area is 119 Å². The highest BCUT2D eigenvalue weighted by Crippen LogP contribution is 2.42. The molecule has 0 amide bonds. The van der Waals surface area contributed by atoms with Crippen LogP contribution in [-0.2, 0) is 0 Å². The van der Waals surface area contributed by atoms with Gasteiger partial charge in [0.2, 0.25) is 0 Å². The van der Waals surface area contributed by atoms with Crippen LogP contribution in [-0.4, -0.2) is 11.0 Å². The monoisotopic (exact) mass is 286 g/mol. The quantitative estimate of drug-likeness (QED) is 0.788. The Morgan fingerprint density at radius 2 is 1.81 bits per heavy atom. The maximum Gasteiger partial charge on any atom is 0.295 e. The molecule has 0 bridgehead atoms. The third kappa shape index (κ3) is 2.35. The normalized spacial score (nSPS) is 20.7. The molecular weight excluding hydrogens is 274 g/mol. The van der Waals surface area contributed by atoms with Gasteiger partial charge in [-0.05, 0) is 36.2 Å². The molecule has 0 spiro atoms. The van der Waals surface area contributed by atoms with Crippen LogP contribution in [0.4, 0.5) is 14.8 Å². The third-order valence-corrected chi connectivity index (χ3v) is 3.75. The summed E-state index contributed by atoms with van der Waals surface area (Å²) in [6.45, 7) is 0. The summed E-state index contributed by atoms with van der Waals surface area (Å²) in [4.78, 5) is 4.22. The lowest BCUT2D eigenvalue weighted by atomic mass is 10.1. The molecular formula is C16H12F2N2O. The van der Waals surface area contributed by atoms with Gasteiger partial charge in [-0.1, -0.05) is 12.1 Å². The molecule has 2 atom stereocenters. The van der Waals surface area contributed by atoms with Crippen molar-refractivity contribution in [1.82, 2.24) is 4.98 Å². The molecule has 1 fully saturated rings. The molecule has 0 saturated heterocycles. The Kier molecular flexibility index (Phi) is 2.67. The molecule has 3 nitrogen and oxygen atoms in total. The second kappa shape index (κ2) is 4.55. The molecule has 1 heterocycles. The summed E-state index contributed by atoms with van der Waals surface area (Å²) in [6, 6.07) is 11.4. The van der Waals surface area contributed by atoms with E-state index in [-0.39, 0.29) is 17.7 Å². The van der Waals surface area contributed by atoms with Crippen molar-refractivity contribution in [3.05, 3.63) is 59.7 Å². The van der Waals surface area contributed by atoms with E-state index in [1.165, 1.54) is 24.3 Å². The number of rotatable bonds is 3. The minimum Gasteiger partial charge on any atom is -0.424 e. The predicted molar refractivity (Wildman–Crippen MR) is 75.1 cm³/mol. The maximum absolute atomic E-state index is 13.1. The Hall–Kier alpha value is -2.43. The molecule has 1 aliphatic rings. The first kappa shape index (κ1) is 12.3. The van der Waals surface area contributed by atoms with Gasteiger partial charge in [0.15, 0.2) is 5.58 Å². The standard InChI is InChI=1S/C16H12F2N2O/c17-10-3-1-9(2-4-10)12-8-13(12)19-16-20-14-7-11(18)5-6-15(14)21-16/h1-7,12-13H,8H2,(H,19,20)/t12-,13+/m0/s1. The maximum atomic E-state index is 13.1. The smallest absolute Gasteiger partial charge is 0.295 e. The molecule has 0 aliphatic heterocycles. The van der Waals surface area contributed by atoms with Gasteiger partial charge in [-0.25, -0.2) is 8.78 Å². The van der Waals surface area contributed by atoms with Crippen LogP contribution in [0.5, 0.6) is 0 Å². The lowest BCUT2D eigenvalue weighted by Gasteiger charge is -2.01. The Balaban J connectivity index is 1.50. The molecule has 1 aromatic heterocycles. The molecule has 106 valence electrons. The molecule has 4 rings (SSSR count).